The lowest BCUT2D eigenvalue weighted by atomic mass is 10.2. The fraction of sp³-hybridized carbons (Fsp3) is 0.750. The fourth-order valence-corrected chi connectivity index (χ4v) is 3.16. The number of nitrogens with zero attached hydrogens (tertiary/aromatic N) is 2. The van der Waals surface area contributed by atoms with E-state index in [0.29, 0.717) is 12.6 Å². The van der Waals surface area contributed by atoms with Crippen molar-refractivity contribution in [1.29, 1.82) is 0 Å². The molecule has 1 aliphatic rings. The summed E-state index contributed by atoms with van der Waals surface area (Å²) in [5, 5.41) is 4.23. The van der Waals surface area contributed by atoms with Gasteiger partial charge in [-0.15, -0.1) is 11.3 Å². The molecular weight excluding hydrogens is 250 g/mol. The lowest BCUT2D eigenvalue weighted by Crippen LogP contribution is -2.31. The first-order chi connectivity index (χ1) is 8.76. The smallest absolute Gasteiger partial charge is 0.185 e. The van der Waals surface area contributed by atoms with Crippen molar-refractivity contribution in [2.45, 2.75) is 25.6 Å². The summed E-state index contributed by atoms with van der Waals surface area (Å²) < 4.78 is 10.6. The number of aromatic nitrogens is 1. The SMILES string of the molecule is CNCc1sc(N(C)C2CCOC2)nc1COC. The van der Waals surface area contributed by atoms with E-state index in [9.17, 15) is 0 Å². The zero-order valence-electron chi connectivity index (χ0n) is 11.2. The number of thiazole rings is 1. The second-order valence-electron chi connectivity index (χ2n) is 4.46. The van der Waals surface area contributed by atoms with Crippen LogP contribution in [-0.4, -0.2) is 45.4 Å². The van der Waals surface area contributed by atoms with Gasteiger partial charge in [-0.05, 0) is 13.5 Å². The zero-order chi connectivity index (χ0) is 13.0. The molecule has 1 unspecified atom stereocenters. The summed E-state index contributed by atoms with van der Waals surface area (Å²) in [6.45, 7) is 3.07. The number of anilines is 1. The van der Waals surface area contributed by atoms with E-state index >= 15 is 0 Å². The molecule has 2 rings (SSSR count). The highest BCUT2D eigenvalue weighted by Gasteiger charge is 2.23. The molecule has 1 fully saturated rings. The molecule has 1 aliphatic heterocycles. The van der Waals surface area contributed by atoms with Crippen LogP contribution in [0.25, 0.3) is 0 Å². The van der Waals surface area contributed by atoms with Crippen molar-refractivity contribution in [2.24, 2.45) is 0 Å². The van der Waals surface area contributed by atoms with E-state index < -0.39 is 0 Å². The summed E-state index contributed by atoms with van der Waals surface area (Å²) in [6, 6.07) is 0.453. The molecule has 0 amide bonds. The van der Waals surface area contributed by atoms with Gasteiger partial charge in [-0.3, -0.25) is 0 Å². The topological polar surface area (TPSA) is 46.6 Å². The largest absolute Gasteiger partial charge is 0.379 e. The van der Waals surface area contributed by atoms with Crippen LogP contribution in [0.1, 0.15) is 17.0 Å². The number of hydrogen-bond donors (Lipinski definition) is 1. The van der Waals surface area contributed by atoms with Gasteiger partial charge >= 0.3 is 0 Å². The molecule has 0 radical (unpaired) electrons. The van der Waals surface area contributed by atoms with Crippen LogP contribution in [0.2, 0.25) is 0 Å². The Morgan fingerprint density at radius 1 is 1.61 bits per heavy atom. The van der Waals surface area contributed by atoms with Gasteiger partial charge in [0, 0.05) is 32.2 Å². The van der Waals surface area contributed by atoms with Crippen LogP contribution in [-0.2, 0) is 22.6 Å². The van der Waals surface area contributed by atoms with Gasteiger partial charge in [0.05, 0.1) is 24.9 Å². The second kappa shape index (κ2) is 6.47. The number of methoxy groups -OCH3 is 1. The Kier molecular flexibility index (Phi) is 4.94. The lowest BCUT2D eigenvalue weighted by Gasteiger charge is -2.21. The van der Waals surface area contributed by atoms with E-state index in [1.807, 2.05) is 7.05 Å². The molecule has 5 nitrogen and oxygen atoms in total. The molecule has 1 N–H and O–H groups in total. The molecular formula is C12H21N3O2S. The molecule has 1 aromatic rings. The normalized spacial score (nSPS) is 19.4. The predicted octanol–water partition coefficient (Wildman–Crippen LogP) is 1.23. The summed E-state index contributed by atoms with van der Waals surface area (Å²) in [4.78, 5) is 8.17. The number of rotatable bonds is 6. The Bertz CT molecular complexity index is 354. The number of hydrogen-bond acceptors (Lipinski definition) is 6. The maximum absolute atomic E-state index is 5.43. The van der Waals surface area contributed by atoms with E-state index in [0.717, 1.165) is 37.0 Å². The average Bonchev–Trinajstić information content (AvgIpc) is 2.99. The molecule has 0 saturated carbocycles. The molecule has 2 heterocycles. The first kappa shape index (κ1) is 13.7. The number of ether oxygens (including phenoxy) is 2. The lowest BCUT2D eigenvalue weighted by molar-refractivity contribution is 0.181. The first-order valence-corrected chi connectivity index (χ1v) is 7.00. The minimum Gasteiger partial charge on any atom is -0.379 e. The Balaban J connectivity index is 2.13. The van der Waals surface area contributed by atoms with Crippen molar-refractivity contribution < 1.29 is 9.47 Å². The maximum atomic E-state index is 5.43. The van der Waals surface area contributed by atoms with Gasteiger partial charge in [0.25, 0.3) is 0 Å². The molecule has 0 aromatic carbocycles. The van der Waals surface area contributed by atoms with Crippen LogP contribution in [0.15, 0.2) is 0 Å². The summed E-state index contributed by atoms with van der Waals surface area (Å²) >= 11 is 1.74. The van der Waals surface area contributed by atoms with Crippen LogP contribution < -0.4 is 10.2 Å². The molecule has 6 heteroatoms. The highest BCUT2D eigenvalue weighted by molar-refractivity contribution is 7.15. The molecule has 0 bridgehead atoms. The Labute approximate surface area is 112 Å². The van der Waals surface area contributed by atoms with E-state index in [1.54, 1.807) is 18.4 Å². The summed E-state index contributed by atoms with van der Waals surface area (Å²) in [7, 11) is 5.75. The van der Waals surface area contributed by atoms with Crippen molar-refractivity contribution >= 4 is 16.5 Å². The van der Waals surface area contributed by atoms with Crippen LogP contribution in [0, 0.1) is 0 Å². The molecule has 102 valence electrons. The van der Waals surface area contributed by atoms with Gasteiger partial charge in [0.15, 0.2) is 5.13 Å². The first-order valence-electron chi connectivity index (χ1n) is 6.19. The third-order valence-electron chi connectivity index (χ3n) is 3.14. The number of nitrogens with one attached hydrogen (secondary N) is 1. The Morgan fingerprint density at radius 2 is 2.44 bits per heavy atom. The molecule has 1 aromatic heterocycles. The summed E-state index contributed by atoms with van der Waals surface area (Å²) in [6.07, 6.45) is 1.08. The Hall–Kier alpha value is -0.690. The zero-order valence-corrected chi connectivity index (χ0v) is 12.0. The summed E-state index contributed by atoms with van der Waals surface area (Å²) in [5.74, 6) is 0. The van der Waals surface area contributed by atoms with Crippen LogP contribution >= 0.6 is 11.3 Å². The van der Waals surface area contributed by atoms with Crippen molar-refractivity contribution in [3.8, 4) is 0 Å². The van der Waals surface area contributed by atoms with Gasteiger partial charge in [0.2, 0.25) is 0 Å². The molecule has 0 spiro atoms. The van der Waals surface area contributed by atoms with Crippen molar-refractivity contribution in [2.75, 3.05) is 39.3 Å². The predicted molar refractivity (Wildman–Crippen MR) is 73.2 cm³/mol. The number of likely N-dealkylation sites (N-methyl/N-ethyl adjacent to an activating group) is 1. The quantitative estimate of drug-likeness (QED) is 0.843. The monoisotopic (exact) mass is 271 g/mol. The minimum absolute atomic E-state index is 0.453. The van der Waals surface area contributed by atoms with E-state index in [1.165, 1.54) is 4.88 Å². The van der Waals surface area contributed by atoms with Crippen molar-refractivity contribution in [3.63, 3.8) is 0 Å². The highest BCUT2D eigenvalue weighted by atomic mass is 32.1. The second-order valence-corrected chi connectivity index (χ2v) is 5.52. The van der Waals surface area contributed by atoms with Gasteiger partial charge in [-0.1, -0.05) is 0 Å². The van der Waals surface area contributed by atoms with Crippen LogP contribution in [0.3, 0.4) is 0 Å². The van der Waals surface area contributed by atoms with Crippen LogP contribution in [0.5, 0.6) is 0 Å². The fourth-order valence-electron chi connectivity index (χ4n) is 2.05. The standard InChI is InChI=1S/C12H21N3O2S/c1-13-6-11-10(8-16-3)14-12(18-11)15(2)9-4-5-17-7-9/h9,13H,4-8H2,1-3H3. The highest BCUT2D eigenvalue weighted by Crippen LogP contribution is 2.29. The summed E-state index contributed by atoms with van der Waals surface area (Å²) in [5.41, 5.74) is 1.04. The van der Waals surface area contributed by atoms with E-state index in [4.69, 9.17) is 9.47 Å². The maximum Gasteiger partial charge on any atom is 0.185 e. The third-order valence-corrected chi connectivity index (χ3v) is 4.33. The molecule has 0 aliphatic carbocycles. The van der Waals surface area contributed by atoms with Gasteiger partial charge in [-0.25, -0.2) is 4.98 Å². The van der Waals surface area contributed by atoms with E-state index in [-0.39, 0.29) is 0 Å². The minimum atomic E-state index is 0.453. The Morgan fingerprint density at radius 3 is 3.06 bits per heavy atom. The van der Waals surface area contributed by atoms with Gasteiger partial charge < -0.3 is 19.7 Å². The molecule has 18 heavy (non-hydrogen) atoms. The van der Waals surface area contributed by atoms with E-state index in [2.05, 4.69) is 22.2 Å². The van der Waals surface area contributed by atoms with Gasteiger partial charge in [0.1, 0.15) is 0 Å². The van der Waals surface area contributed by atoms with Gasteiger partial charge in [-0.2, -0.15) is 0 Å². The van der Waals surface area contributed by atoms with Crippen LogP contribution in [0.4, 0.5) is 5.13 Å². The third kappa shape index (κ3) is 3.00. The van der Waals surface area contributed by atoms with Crippen molar-refractivity contribution in [3.05, 3.63) is 10.6 Å². The molecule has 1 saturated heterocycles. The molecule has 1 atom stereocenters. The van der Waals surface area contributed by atoms with Crippen molar-refractivity contribution in [1.82, 2.24) is 10.3 Å². The average molecular weight is 271 g/mol.